The van der Waals surface area contributed by atoms with Crippen molar-refractivity contribution in [2.75, 3.05) is 49.2 Å². The molecule has 218 valence electrons. The summed E-state index contributed by atoms with van der Waals surface area (Å²) in [5.41, 5.74) is 0.203. The number of piperidine rings is 1. The minimum Gasteiger partial charge on any atom is -0.493 e. The lowest BCUT2D eigenvalue weighted by Crippen LogP contribution is -2.45. The molecule has 3 rings (SSSR count). The minimum absolute atomic E-state index is 0.0352. The smallest absolute Gasteiger partial charge is 0.377 e. The summed E-state index contributed by atoms with van der Waals surface area (Å²) >= 11 is 0. The van der Waals surface area contributed by atoms with Crippen molar-refractivity contribution in [3.8, 4) is 34.5 Å². The second kappa shape index (κ2) is 14.6. The summed E-state index contributed by atoms with van der Waals surface area (Å²) in [7, 11) is 8.61. The maximum atomic E-state index is 12.6. The highest BCUT2D eigenvalue weighted by Crippen LogP contribution is 2.39. The van der Waals surface area contributed by atoms with E-state index in [1.807, 2.05) is 6.92 Å². The highest BCUT2D eigenvalue weighted by atomic mass is 16.5. The first-order valence-corrected chi connectivity index (χ1v) is 12.3. The summed E-state index contributed by atoms with van der Waals surface area (Å²) in [5.74, 6) is -1.74. The van der Waals surface area contributed by atoms with E-state index in [0.717, 1.165) is 19.3 Å². The van der Waals surface area contributed by atoms with Gasteiger partial charge in [0.1, 0.15) is 0 Å². The number of ether oxygens (including phenoxy) is 6. The van der Waals surface area contributed by atoms with Gasteiger partial charge in [-0.2, -0.15) is 0 Å². The van der Waals surface area contributed by atoms with Crippen molar-refractivity contribution in [3.63, 3.8) is 0 Å². The molecule has 0 aliphatic carbocycles. The van der Waals surface area contributed by atoms with Crippen LogP contribution in [0.25, 0.3) is 0 Å². The largest absolute Gasteiger partial charge is 0.493 e. The molecule has 1 saturated heterocycles. The highest BCUT2D eigenvalue weighted by Gasteiger charge is 2.30. The van der Waals surface area contributed by atoms with E-state index in [4.69, 9.17) is 33.5 Å². The molecule has 12 nitrogen and oxygen atoms in total. The Balaban J connectivity index is 0.000000294. The molecule has 1 atom stereocenters. The van der Waals surface area contributed by atoms with Gasteiger partial charge >= 0.3 is 5.97 Å². The summed E-state index contributed by atoms with van der Waals surface area (Å²) < 4.78 is 30.7. The van der Waals surface area contributed by atoms with Crippen LogP contribution in [-0.2, 0) is 9.59 Å². The first-order chi connectivity index (χ1) is 19.1. The first-order valence-electron chi connectivity index (χ1n) is 12.3. The monoisotopic (exact) mass is 561 g/mol. The molecule has 1 amide bonds. The van der Waals surface area contributed by atoms with Gasteiger partial charge in [-0.25, -0.2) is 4.79 Å². The molecule has 2 aromatic carbocycles. The van der Waals surface area contributed by atoms with Crippen molar-refractivity contribution in [2.24, 2.45) is 0 Å². The standard InChI is InChI=1S/C17H23NO5.C11H12O6/c1-11-7-5-6-8-18(11)17(20)15(19)12-9-13(21-2)16(23-4)14(10-12)22-3;1-15-7-4-6(9(12)11(13)14)5-8(16-2)10(7)17-3/h9-11H,5-8H2,1-4H3;4-5H,1-3H3,(H,13,14)/t11-;/m1./s1. The van der Waals surface area contributed by atoms with Crippen LogP contribution in [-0.4, -0.2) is 88.7 Å². The Morgan fingerprint density at radius 2 is 1.07 bits per heavy atom. The van der Waals surface area contributed by atoms with Crippen LogP contribution in [0.1, 0.15) is 46.9 Å². The maximum Gasteiger partial charge on any atom is 0.377 e. The number of rotatable bonds is 10. The number of benzene rings is 2. The van der Waals surface area contributed by atoms with Gasteiger partial charge in [0.15, 0.2) is 23.0 Å². The van der Waals surface area contributed by atoms with Crippen molar-refractivity contribution in [1.29, 1.82) is 0 Å². The number of hydrogen-bond acceptors (Lipinski definition) is 10. The van der Waals surface area contributed by atoms with Crippen molar-refractivity contribution >= 4 is 23.4 Å². The van der Waals surface area contributed by atoms with Crippen LogP contribution in [0.2, 0.25) is 0 Å². The number of amides is 1. The van der Waals surface area contributed by atoms with Gasteiger partial charge in [0.05, 0.1) is 42.7 Å². The summed E-state index contributed by atoms with van der Waals surface area (Å²) in [6.45, 7) is 2.59. The lowest BCUT2D eigenvalue weighted by Gasteiger charge is -2.32. The van der Waals surface area contributed by atoms with E-state index >= 15 is 0 Å². The SMILES string of the molecule is COc1cc(C(=O)C(=O)N2CCCC[C@H]2C)cc(OC)c1OC.COc1cc(C(=O)C(=O)O)cc(OC)c1OC. The minimum atomic E-state index is -1.54. The number of carbonyl (C=O) groups excluding carboxylic acids is 3. The van der Waals surface area contributed by atoms with E-state index in [9.17, 15) is 19.2 Å². The van der Waals surface area contributed by atoms with E-state index in [2.05, 4.69) is 0 Å². The highest BCUT2D eigenvalue weighted by molar-refractivity contribution is 6.43. The molecule has 1 N–H and O–H groups in total. The summed E-state index contributed by atoms with van der Waals surface area (Å²) in [4.78, 5) is 48.7. The molecule has 40 heavy (non-hydrogen) atoms. The molecule has 1 fully saturated rings. The Morgan fingerprint density at radius 3 is 1.40 bits per heavy atom. The molecule has 0 saturated carbocycles. The van der Waals surface area contributed by atoms with Crippen LogP contribution in [0.4, 0.5) is 0 Å². The molecule has 0 aromatic heterocycles. The normalized spacial score (nSPS) is 14.2. The first kappa shape index (κ1) is 31.7. The fourth-order valence-corrected chi connectivity index (χ4v) is 4.20. The Bertz CT molecular complexity index is 1190. The lowest BCUT2D eigenvalue weighted by atomic mass is 10.0. The molecular formula is C28H35NO11. The van der Waals surface area contributed by atoms with Crippen LogP contribution < -0.4 is 28.4 Å². The molecule has 1 aliphatic heterocycles. The number of carboxylic acids is 1. The van der Waals surface area contributed by atoms with Crippen LogP contribution in [0.5, 0.6) is 34.5 Å². The zero-order valence-electron chi connectivity index (χ0n) is 23.7. The number of Topliss-reactive ketones (excluding diaryl/α,β-unsaturated/α-hetero) is 2. The lowest BCUT2D eigenvalue weighted by molar-refractivity contribution is -0.132. The number of ketones is 2. The van der Waals surface area contributed by atoms with E-state index in [1.165, 1.54) is 66.9 Å². The Hall–Kier alpha value is -4.48. The number of nitrogens with zero attached hydrogens (tertiary/aromatic N) is 1. The molecule has 1 aliphatic rings. The average molecular weight is 562 g/mol. The van der Waals surface area contributed by atoms with Gasteiger partial charge in [-0.05, 0) is 50.5 Å². The van der Waals surface area contributed by atoms with Crippen molar-refractivity contribution in [3.05, 3.63) is 35.4 Å². The fourth-order valence-electron chi connectivity index (χ4n) is 4.20. The zero-order valence-corrected chi connectivity index (χ0v) is 23.7. The number of carboxylic acid groups (broad SMARTS) is 1. The predicted molar refractivity (Wildman–Crippen MR) is 144 cm³/mol. The molecular weight excluding hydrogens is 526 g/mol. The number of likely N-dealkylation sites (tertiary alicyclic amines) is 1. The van der Waals surface area contributed by atoms with Gasteiger partial charge < -0.3 is 38.4 Å². The van der Waals surface area contributed by atoms with Crippen LogP contribution in [0.3, 0.4) is 0 Å². The average Bonchev–Trinajstić information content (AvgIpc) is 2.98. The third-order valence-electron chi connectivity index (χ3n) is 6.31. The summed E-state index contributed by atoms with van der Waals surface area (Å²) in [6.07, 6.45) is 2.94. The number of methoxy groups -OCH3 is 6. The molecule has 12 heteroatoms. The third kappa shape index (κ3) is 7.13. The Kier molecular flexibility index (Phi) is 11.6. The molecule has 1 heterocycles. The second-order valence-electron chi connectivity index (χ2n) is 8.63. The molecule has 2 aromatic rings. The van der Waals surface area contributed by atoms with Crippen molar-refractivity contribution < 1.29 is 52.7 Å². The van der Waals surface area contributed by atoms with Crippen LogP contribution in [0.15, 0.2) is 24.3 Å². The van der Waals surface area contributed by atoms with Gasteiger partial charge in [0.2, 0.25) is 11.5 Å². The van der Waals surface area contributed by atoms with E-state index in [-0.39, 0.29) is 28.7 Å². The van der Waals surface area contributed by atoms with Gasteiger partial charge in [0, 0.05) is 23.7 Å². The van der Waals surface area contributed by atoms with Crippen molar-refractivity contribution in [2.45, 2.75) is 32.2 Å². The van der Waals surface area contributed by atoms with Crippen LogP contribution in [0, 0.1) is 0 Å². The quantitative estimate of drug-likeness (QED) is 0.337. The molecule has 0 unspecified atom stereocenters. The van der Waals surface area contributed by atoms with Gasteiger partial charge in [-0.3, -0.25) is 14.4 Å². The number of aliphatic carboxylic acids is 1. The Morgan fingerprint density at radius 1 is 0.675 bits per heavy atom. The summed E-state index contributed by atoms with van der Waals surface area (Å²) in [6, 6.07) is 5.68. The van der Waals surface area contributed by atoms with E-state index in [1.54, 1.807) is 4.90 Å². The second-order valence-corrected chi connectivity index (χ2v) is 8.63. The molecule has 0 spiro atoms. The fraction of sp³-hybridized carbons (Fsp3) is 0.429. The summed E-state index contributed by atoms with van der Waals surface area (Å²) in [5, 5.41) is 8.63. The predicted octanol–water partition coefficient (Wildman–Crippen LogP) is 3.28. The van der Waals surface area contributed by atoms with E-state index in [0.29, 0.717) is 29.5 Å². The van der Waals surface area contributed by atoms with E-state index < -0.39 is 23.4 Å². The zero-order chi connectivity index (χ0) is 30.0. The van der Waals surface area contributed by atoms with Crippen LogP contribution >= 0.6 is 0 Å². The van der Waals surface area contributed by atoms with Crippen molar-refractivity contribution in [1.82, 2.24) is 4.90 Å². The van der Waals surface area contributed by atoms with Gasteiger partial charge in [-0.15, -0.1) is 0 Å². The third-order valence-corrected chi connectivity index (χ3v) is 6.31. The molecule has 0 radical (unpaired) electrons. The number of hydrogen-bond donors (Lipinski definition) is 1. The maximum absolute atomic E-state index is 12.6. The number of carbonyl (C=O) groups is 4. The molecule has 0 bridgehead atoms. The van der Waals surface area contributed by atoms with Gasteiger partial charge in [-0.1, -0.05) is 0 Å². The van der Waals surface area contributed by atoms with Gasteiger partial charge in [0.25, 0.3) is 17.5 Å². The Labute approximate surface area is 232 Å². The topological polar surface area (TPSA) is 147 Å².